The Balaban J connectivity index is 2.50. The van der Waals surface area contributed by atoms with E-state index in [1.165, 1.54) is 5.56 Å². The molecule has 0 saturated carbocycles. The summed E-state index contributed by atoms with van der Waals surface area (Å²) in [5.41, 5.74) is 3.08. The van der Waals surface area contributed by atoms with Gasteiger partial charge in [0, 0.05) is 16.7 Å². The predicted molar refractivity (Wildman–Crippen MR) is 83.1 cm³/mol. The van der Waals surface area contributed by atoms with E-state index < -0.39 is 0 Å². The van der Waals surface area contributed by atoms with Crippen LogP contribution in [-0.4, -0.2) is 16.3 Å². The zero-order chi connectivity index (χ0) is 14.0. The van der Waals surface area contributed by atoms with Crippen LogP contribution in [-0.2, 0) is 0 Å². The second-order valence-electron chi connectivity index (χ2n) is 4.49. The quantitative estimate of drug-likeness (QED) is 0.899. The normalized spacial score (nSPS) is 12.7. The lowest BCUT2D eigenvalue weighted by atomic mass is 10.1. The minimum absolute atomic E-state index is 0.251. The zero-order valence-corrected chi connectivity index (χ0v) is 13.6. The third-order valence-electron chi connectivity index (χ3n) is 3.05. The lowest BCUT2D eigenvalue weighted by Gasteiger charge is -2.17. The first-order valence-corrected chi connectivity index (χ1v) is 7.45. The average Bonchev–Trinajstić information content (AvgIpc) is 2.69. The molecule has 1 aromatic heterocycles. The molecule has 0 radical (unpaired) electrons. The molecule has 1 atom stereocenters. The number of rotatable bonds is 4. The highest BCUT2D eigenvalue weighted by atomic mass is 79.9. The molecule has 1 unspecified atom stereocenters. The fourth-order valence-electron chi connectivity index (χ4n) is 2.06. The number of aromatic nitrogens is 2. The van der Waals surface area contributed by atoms with Crippen molar-refractivity contribution in [2.24, 2.45) is 0 Å². The fraction of sp³-hybridized carbons (Fsp3) is 0.357. The monoisotopic (exact) mass is 341 g/mol. The van der Waals surface area contributed by atoms with E-state index >= 15 is 0 Å². The molecule has 19 heavy (non-hydrogen) atoms. The molecule has 2 aromatic rings. The molecule has 0 aliphatic carbocycles. The molecule has 1 aromatic carbocycles. The first-order chi connectivity index (χ1) is 9.02. The van der Waals surface area contributed by atoms with Crippen molar-refractivity contribution in [1.29, 1.82) is 0 Å². The molecule has 0 aliphatic heterocycles. The van der Waals surface area contributed by atoms with Crippen LogP contribution in [0.25, 0.3) is 5.69 Å². The largest absolute Gasteiger partial charge is 0.310 e. The van der Waals surface area contributed by atoms with Crippen LogP contribution >= 0.6 is 27.5 Å². The maximum absolute atomic E-state index is 6.10. The Morgan fingerprint density at radius 3 is 2.79 bits per heavy atom. The van der Waals surface area contributed by atoms with Crippen molar-refractivity contribution >= 4 is 27.5 Å². The molecular formula is C14H17BrClN3. The molecule has 1 N–H and O–H groups in total. The Morgan fingerprint density at radius 1 is 1.47 bits per heavy atom. The van der Waals surface area contributed by atoms with Gasteiger partial charge in [-0.2, -0.15) is 5.10 Å². The predicted octanol–water partition coefficient (Wildman–Crippen LogP) is 4.27. The Bertz CT molecular complexity index is 561. The second kappa shape index (κ2) is 6.07. The van der Waals surface area contributed by atoms with Gasteiger partial charge in [-0.1, -0.05) is 34.5 Å². The number of halogens is 2. The topological polar surface area (TPSA) is 29.9 Å². The standard InChI is InChI=1S/C14H17BrClN3/c1-4-17-9(2)12-7-11(15)5-6-14(12)19-8-13(16)10(3)18-19/h5-9,17H,4H2,1-3H3. The molecule has 0 saturated heterocycles. The highest BCUT2D eigenvalue weighted by Gasteiger charge is 2.13. The summed E-state index contributed by atoms with van der Waals surface area (Å²) in [4.78, 5) is 0. The summed E-state index contributed by atoms with van der Waals surface area (Å²) in [6, 6.07) is 6.44. The molecule has 1 heterocycles. The summed E-state index contributed by atoms with van der Waals surface area (Å²) < 4.78 is 2.90. The third-order valence-corrected chi connectivity index (χ3v) is 3.92. The van der Waals surface area contributed by atoms with E-state index in [0.717, 1.165) is 22.4 Å². The molecule has 3 nitrogen and oxygen atoms in total. The van der Waals surface area contributed by atoms with E-state index in [2.05, 4.69) is 52.3 Å². The van der Waals surface area contributed by atoms with Crippen molar-refractivity contribution < 1.29 is 0 Å². The van der Waals surface area contributed by atoms with Gasteiger partial charge in [0.25, 0.3) is 0 Å². The lowest BCUT2D eigenvalue weighted by molar-refractivity contribution is 0.593. The van der Waals surface area contributed by atoms with Gasteiger partial charge in [-0.05, 0) is 44.2 Å². The third kappa shape index (κ3) is 3.19. The molecule has 0 bridgehead atoms. The van der Waals surface area contributed by atoms with Crippen molar-refractivity contribution in [2.75, 3.05) is 6.54 Å². The summed E-state index contributed by atoms with van der Waals surface area (Å²) >= 11 is 9.62. The van der Waals surface area contributed by atoms with E-state index in [0.29, 0.717) is 5.02 Å². The maximum atomic E-state index is 6.10. The highest BCUT2D eigenvalue weighted by Crippen LogP contribution is 2.26. The summed E-state index contributed by atoms with van der Waals surface area (Å²) in [7, 11) is 0. The summed E-state index contributed by atoms with van der Waals surface area (Å²) in [5, 5.41) is 8.57. The van der Waals surface area contributed by atoms with Crippen LogP contribution in [0.15, 0.2) is 28.9 Å². The number of nitrogens with one attached hydrogen (secondary N) is 1. The van der Waals surface area contributed by atoms with Gasteiger partial charge in [-0.25, -0.2) is 4.68 Å². The summed E-state index contributed by atoms with van der Waals surface area (Å²) in [5.74, 6) is 0. The van der Waals surface area contributed by atoms with Gasteiger partial charge >= 0.3 is 0 Å². The van der Waals surface area contributed by atoms with E-state index in [9.17, 15) is 0 Å². The Kier molecular flexibility index (Phi) is 4.66. The average molecular weight is 343 g/mol. The Labute approximate surface area is 127 Å². The maximum Gasteiger partial charge on any atom is 0.0819 e. The van der Waals surface area contributed by atoms with Crippen molar-refractivity contribution in [2.45, 2.75) is 26.8 Å². The molecule has 5 heteroatoms. The zero-order valence-electron chi connectivity index (χ0n) is 11.2. The Hall–Kier alpha value is -0.840. The van der Waals surface area contributed by atoms with E-state index in [1.807, 2.05) is 23.9 Å². The van der Waals surface area contributed by atoms with E-state index in [1.54, 1.807) is 0 Å². The van der Waals surface area contributed by atoms with E-state index in [4.69, 9.17) is 11.6 Å². The number of nitrogens with zero attached hydrogens (tertiary/aromatic N) is 2. The van der Waals surface area contributed by atoms with Crippen LogP contribution in [0, 0.1) is 6.92 Å². The minimum atomic E-state index is 0.251. The molecular weight excluding hydrogens is 326 g/mol. The molecule has 2 rings (SSSR count). The van der Waals surface area contributed by atoms with Crippen LogP contribution in [0.3, 0.4) is 0 Å². The lowest BCUT2D eigenvalue weighted by Crippen LogP contribution is -2.19. The first-order valence-electron chi connectivity index (χ1n) is 6.28. The summed E-state index contributed by atoms with van der Waals surface area (Å²) in [6.07, 6.45) is 1.85. The number of aryl methyl sites for hydroxylation is 1. The van der Waals surface area contributed by atoms with Crippen LogP contribution in [0.1, 0.15) is 31.1 Å². The molecule has 0 amide bonds. The fourth-order valence-corrected chi connectivity index (χ4v) is 2.57. The Morgan fingerprint density at radius 2 is 2.21 bits per heavy atom. The van der Waals surface area contributed by atoms with Gasteiger partial charge in [0.2, 0.25) is 0 Å². The van der Waals surface area contributed by atoms with Gasteiger partial charge in [0.1, 0.15) is 0 Å². The van der Waals surface area contributed by atoms with Crippen LogP contribution < -0.4 is 5.32 Å². The molecule has 102 valence electrons. The smallest absolute Gasteiger partial charge is 0.0819 e. The number of hydrogen-bond acceptors (Lipinski definition) is 2. The van der Waals surface area contributed by atoms with Gasteiger partial charge in [-0.3, -0.25) is 0 Å². The van der Waals surface area contributed by atoms with Crippen molar-refractivity contribution in [3.63, 3.8) is 0 Å². The molecule has 0 aliphatic rings. The van der Waals surface area contributed by atoms with Gasteiger partial charge in [-0.15, -0.1) is 0 Å². The number of hydrogen-bond donors (Lipinski definition) is 1. The van der Waals surface area contributed by atoms with Crippen molar-refractivity contribution in [3.8, 4) is 5.69 Å². The van der Waals surface area contributed by atoms with Crippen molar-refractivity contribution in [3.05, 3.63) is 45.1 Å². The van der Waals surface area contributed by atoms with E-state index in [-0.39, 0.29) is 6.04 Å². The van der Waals surface area contributed by atoms with Gasteiger partial charge < -0.3 is 5.32 Å². The summed E-state index contributed by atoms with van der Waals surface area (Å²) in [6.45, 7) is 7.08. The number of benzene rings is 1. The second-order valence-corrected chi connectivity index (χ2v) is 5.81. The van der Waals surface area contributed by atoms with Crippen LogP contribution in [0.4, 0.5) is 0 Å². The minimum Gasteiger partial charge on any atom is -0.310 e. The molecule has 0 spiro atoms. The van der Waals surface area contributed by atoms with Gasteiger partial charge in [0.05, 0.1) is 16.4 Å². The van der Waals surface area contributed by atoms with Crippen LogP contribution in [0.5, 0.6) is 0 Å². The van der Waals surface area contributed by atoms with Gasteiger partial charge in [0.15, 0.2) is 0 Å². The van der Waals surface area contributed by atoms with Crippen LogP contribution in [0.2, 0.25) is 5.02 Å². The molecule has 0 fully saturated rings. The SMILES string of the molecule is CCNC(C)c1cc(Br)ccc1-n1cc(Cl)c(C)n1. The van der Waals surface area contributed by atoms with Crippen molar-refractivity contribution in [1.82, 2.24) is 15.1 Å². The highest BCUT2D eigenvalue weighted by molar-refractivity contribution is 9.10. The first kappa shape index (κ1) is 14.6.